The smallest absolute Gasteiger partial charge is 0.247 e. The van der Waals surface area contributed by atoms with Gasteiger partial charge in [-0.05, 0) is 24.6 Å². The molecule has 1 unspecified atom stereocenters. The zero-order valence-electron chi connectivity index (χ0n) is 13.9. The van der Waals surface area contributed by atoms with Crippen LogP contribution in [0.5, 0.6) is 5.88 Å². The van der Waals surface area contributed by atoms with E-state index >= 15 is 0 Å². The number of thioether (sulfide) groups is 1. The van der Waals surface area contributed by atoms with Gasteiger partial charge in [-0.25, -0.2) is 0 Å². The van der Waals surface area contributed by atoms with Crippen molar-refractivity contribution in [3.05, 3.63) is 22.7 Å². The summed E-state index contributed by atoms with van der Waals surface area (Å²) in [6.07, 6.45) is 4.31. The average molecular weight is 409 g/mol. The maximum atomic E-state index is 6.04. The first-order valence-electron chi connectivity index (χ1n) is 8.32. The number of rotatable bonds is 6. The van der Waals surface area contributed by atoms with E-state index < -0.39 is 0 Å². The highest BCUT2D eigenvalue weighted by Crippen LogP contribution is 2.38. The molecule has 1 aliphatic heterocycles. The van der Waals surface area contributed by atoms with Gasteiger partial charge in [0.1, 0.15) is 0 Å². The number of hydrogen-bond donors (Lipinski definition) is 1. The molecule has 1 aromatic carbocycles. The highest BCUT2D eigenvalue weighted by Gasteiger charge is 2.24. The van der Waals surface area contributed by atoms with Crippen LogP contribution in [-0.4, -0.2) is 27.2 Å². The Morgan fingerprint density at radius 3 is 2.92 bits per heavy atom. The van der Waals surface area contributed by atoms with Gasteiger partial charge in [0, 0.05) is 27.9 Å². The minimum Gasteiger partial charge on any atom is -0.452 e. The molecule has 0 saturated heterocycles. The van der Waals surface area contributed by atoms with Gasteiger partial charge < -0.3 is 10.1 Å². The lowest BCUT2D eigenvalue weighted by molar-refractivity contribution is 0.216. The molecule has 1 aliphatic rings. The van der Waals surface area contributed by atoms with Crippen molar-refractivity contribution < 1.29 is 4.74 Å². The van der Waals surface area contributed by atoms with Gasteiger partial charge in [-0.1, -0.05) is 54.4 Å². The van der Waals surface area contributed by atoms with Crippen molar-refractivity contribution in [2.45, 2.75) is 50.9 Å². The number of anilines is 1. The van der Waals surface area contributed by atoms with Crippen LogP contribution in [0.3, 0.4) is 0 Å². The maximum Gasteiger partial charge on any atom is 0.247 e. The van der Waals surface area contributed by atoms with Crippen molar-refractivity contribution in [1.82, 2.24) is 15.2 Å². The van der Waals surface area contributed by atoms with Crippen molar-refractivity contribution in [1.29, 1.82) is 0 Å². The molecule has 24 heavy (non-hydrogen) atoms. The normalized spacial score (nSPS) is 15.7. The third kappa shape index (κ3) is 4.00. The van der Waals surface area contributed by atoms with E-state index in [-0.39, 0.29) is 6.23 Å². The van der Waals surface area contributed by atoms with Crippen LogP contribution in [0.15, 0.2) is 27.8 Å². The third-order valence-electron chi connectivity index (χ3n) is 3.79. The standard InChI is InChI=1S/C17H21BrN4OS/c1-3-5-6-9-24-17-20-16-15(21-22-17)12-10-11(18)7-8-13(12)19-14(4-2)23-16/h7-8,10,14,19H,3-6,9H2,1-2H3. The van der Waals surface area contributed by atoms with Crippen molar-refractivity contribution in [2.24, 2.45) is 0 Å². The molecular formula is C17H21BrN4OS. The SMILES string of the molecule is CCCCCSc1nnc2c(n1)OC(CC)Nc1ccc(Br)cc1-2. The van der Waals surface area contributed by atoms with Crippen LogP contribution in [-0.2, 0) is 0 Å². The van der Waals surface area contributed by atoms with Crippen LogP contribution in [0, 0.1) is 0 Å². The Hall–Kier alpha value is -1.34. The highest BCUT2D eigenvalue weighted by molar-refractivity contribution is 9.10. The Balaban J connectivity index is 1.91. The predicted octanol–water partition coefficient (Wildman–Crippen LogP) is 5.12. The number of nitrogens with one attached hydrogen (secondary N) is 1. The first kappa shape index (κ1) is 17.5. The molecule has 0 saturated carbocycles. The monoisotopic (exact) mass is 408 g/mol. The molecule has 0 amide bonds. The fraction of sp³-hybridized carbons (Fsp3) is 0.471. The molecular weight excluding hydrogens is 388 g/mol. The second-order valence-corrected chi connectivity index (χ2v) is 7.63. The number of aromatic nitrogens is 3. The summed E-state index contributed by atoms with van der Waals surface area (Å²) < 4.78 is 7.03. The number of ether oxygens (including phenoxy) is 1. The molecule has 0 aliphatic carbocycles. The van der Waals surface area contributed by atoms with Crippen LogP contribution in [0.1, 0.15) is 39.5 Å². The molecule has 0 radical (unpaired) electrons. The van der Waals surface area contributed by atoms with Gasteiger partial charge in [-0.2, -0.15) is 4.98 Å². The summed E-state index contributed by atoms with van der Waals surface area (Å²) in [5, 5.41) is 12.8. The number of hydrogen-bond acceptors (Lipinski definition) is 6. The lowest BCUT2D eigenvalue weighted by Crippen LogP contribution is -2.24. The first-order chi connectivity index (χ1) is 11.7. The van der Waals surface area contributed by atoms with Crippen LogP contribution in [0.4, 0.5) is 5.69 Å². The first-order valence-corrected chi connectivity index (χ1v) is 10.1. The van der Waals surface area contributed by atoms with E-state index in [1.807, 2.05) is 18.2 Å². The van der Waals surface area contributed by atoms with Gasteiger partial charge >= 0.3 is 0 Å². The molecule has 1 atom stereocenters. The lowest BCUT2D eigenvalue weighted by atomic mass is 10.1. The van der Waals surface area contributed by atoms with Gasteiger partial charge in [-0.3, -0.25) is 0 Å². The largest absolute Gasteiger partial charge is 0.452 e. The van der Waals surface area contributed by atoms with E-state index in [2.05, 4.69) is 50.3 Å². The maximum absolute atomic E-state index is 6.04. The number of unbranched alkanes of at least 4 members (excludes halogenated alkanes) is 2. The summed E-state index contributed by atoms with van der Waals surface area (Å²) in [6.45, 7) is 4.28. The van der Waals surface area contributed by atoms with E-state index in [1.54, 1.807) is 11.8 Å². The van der Waals surface area contributed by atoms with Gasteiger partial charge in [0.05, 0.1) is 0 Å². The molecule has 7 heteroatoms. The van der Waals surface area contributed by atoms with E-state index in [0.717, 1.165) is 34.3 Å². The van der Waals surface area contributed by atoms with E-state index in [4.69, 9.17) is 4.74 Å². The molecule has 0 bridgehead atoms. The van der Waals surface area contributed by atoms with Gasteiger partial charge in [0.2, 0.25) is 11.0 Å². The van der Waals surface area contributed by atoms with Crippen LogP contribution >= 0.6 is 27.7 Å². The van der Waals surface area contributed by atoms with Crippen molar-refractivity contribution in [2.75, 3.05) is 11.1 Å². The average Bonchev–Trinajstić information content (AvgIpc) is 2.74. The molecule has 128 valence electrons. The van der Waals surface area contributed by atoms with Crippen molar-refractivity contribution in [3.8, 4) is 17.1 Å². The van der Waals surface area contributed by atoms with Crippen LogP contribution in [0.25, 0.3) is 11.3 Å². The van der Waals surface area contributed by atoms with Crippen LogP contribution in [0.2, 0.25) is 0 Å². The Labute approximate surface area is 155 Å². The molecule has 0 spiro atoms. The lowest BCUT2D eigenvalue weighted by Gasteiger charge is -2.16. The molecule has 2 heterocycles. The fourth-order valence-electron chi connectivity index (χ4n) is 2.49. The molecule has 5 nitrogen and oxygen atoms in total. The Kier molecular flexibility index (Phi) is 5.94. The van der Waals surface area contributed by atoms with Gasteiger partial charge in [0.15, 0.2) is 11.9 Å². The summed E-state index contributed by atoms with van der Waals surface area (Å²) in [6, 6.07) is 6.05. The molecule has 1 N–H and O–H groups in total. The van der Waals surface area contributed by atoms with Gasteiger partial charge in [-0.15, -0.1) is 10.2 Å². The van der Waals surface area contributed by atoms with Gasteiger partial charge in [0.25, 0.3) is 0 Å². The highest BCUT2D eigenvalue weighted by atomic mass is 79.9. The van der Waals surface area contributed by atoms with E-state index in [0.29, 0.717) is 16.7 Å². The molecule has 1 aromatic heterocycles. The Bertz CT molecular complexity index is 713. The Morgan fingerprint density at radius 2 is 2.12 bits per heavy atom. The summed E-state index contributed by atoms with van der Waals surface area (Å²) in [5.41, 5.74) is 2.63. The van der Waals surface area contributed by atoms with Crippen molar-refractivity contribution >= 4 is 33.4 Å². The third-order valence-corrected chi connectivity index (χ3v) is 5.21. The molecule has 0 fully saturated rings. The molecule has 2 aromatic rings. The molecule has 3 rings (SSSR count). The summed E-state index contributed by atoms with van der Waals surface area (Å²) in [7, 11) is 0. The van der Waals surface area contributed by atoms with Crippen molar-refractivity contribution in [3.63, 3.8) is 0 Å². The zero-order chi connectivity index (χ0) is 16.9. The van der Waals surface area contributed by atoms with E-state index in [9.17, 15) is 0 Å². The summed E-state index contributed by atoms with van der Waals surface area (Å²) >= 11 is 5.16. The zero-order valence-corrected chi connectivity index (χ0v) is 16.3. The topological polar surface area (TPSA) is 59.9 Å². The number of benzene rings is 1. The number of nitrogens with zero attached hydrogens (tertiary/aromatic N) is 3. The quantitative estimate of drug-likeness (QED) is 0.528. The minimum atomic E-state index is -0.124. The fourth-order valence-corrected chi connectivity index (χ4v) is 3.63. The van der Waals surface area contributed by atoms with E-state index in [1.165, 1.54) is 12.8 Å². The minimum absolute atomic E-state index is 0.124. The summed E-state index contributed by atoms with van der Waals surface area (Å²) in [4.78, 5) is 4.61. The second kappa shape index (κ2) is 8.16. The number of fused-ring (bicyclic) bond motifs is 3. The predicted molar refractivity (Wildman–Crippen MR) is 102 cm³/mol. The second-order valence-electron chi connectivity index (χ2n) is 5.65. The summed E-state index contributed by atoms with van der Waals surface area (Å²) in [5.74, 6) is 1.56. The van der Waals surface area contributed by atoms with Crippen LogP contribution < -0.4 is 10.1 Å². The Morgan fingerprint density at radius 1 is 1.25 bits per heavy atom. The number of halogens is 1.